The summed E-state index contributed by atoms with van der Waals surface area (Å²) in [5.41, 5.74) is 15.5. The highest BCUT2D eigenvalue weighted by Gasteiger charge is 2.34. The van der Waals surface area contributed by atoms with Gasteiger partial charge in [-0.25, -0.2) is 0 Å². The minimum absolute atomic E-state index is 0.144. The fraction of sp³-hybridized carbons (Fsp3) is 0.111. The molecular formula is C54H41F3N2. The fourth-order valence-corrected chi connectivity index (χ4v) is 9.20. The Balaban J connectivity index is 1.16. The van der Waals surface area contributed by atoms with E-state index in [9.17, 15) is 0 Å². The van der Waals surface area contributed by atoms with Crippen molar-refractivity contribution in [2.45, 2.75) is 40.8 Å². The van der Waals surface area contributed by atoms with Gasteiger partial charge in [-0.2, -0.15) is 13.2 Å². The fourth-order valence-electron chi connectivity index (χ4n) is 9.20. The van der Waals surface area contributed by atoms with Gasteiger partial charge in [-0.05, 0) is 151 Å². The quantitative estimate of drug-likeness (QED) is 0.165. The summed E-state index contributed by atoms with van der Waals surface area (Å²) in [6, 6.07) is 52.8. The van der Waals surface area contributed by atoms with E-state index < -0.39 is 11.7 Å². The van der Waals surface area contributed by atoms with Crippen LogP contribution in [0.25, 0.3) is 88.4 Å². The number of aromatic nitrogens is 2. The lowest BCUT2D eigenvalue weighted by atomic mass is 9.94. The summed E-state index contributed by atoms with van der Waals surface area (Å²) in [5, 5.41) is 4.26. The van der Waals surface area contributed by atoms with E-state index in [1.807, 2.05) is 55.5 Å². The molecule has 2 nitrogen and oxygen atoms in total. The first-order chi connectivity index (χ1) is 28.4. The minimum atomic E-state index is -4.57. The van der Waals surface area contributed by atoms with Gasteiger partial charge in [-0.1, -0.05) is 102 Å². The van der Waals surface area contributed by atoms with Crippen molar-refractivity contribution in [3.8, 4) is 44.8 Å². The van der Waals surface area contributed by atoms with Gasteiger partial charge < -0.3 is 9.13 Å². The maximum absolute atomic E-state index is 15.1. The number of rotatable bonds is 5. The van der Waals surface area contributed by atoms with Gasteiger partial charge in [0, 0.05) is 32.9 Å². The van der Waals surface area contributed by atoms with Crippen molar-refractivity contribution < 1.29 is 13.2 Å². The second kappa shape index (κ2) is 13.6. The van der Waals surface area contributed by atoms with Crippen LogP contribution in [0, 0.1) is 34.6 Å². The number of para-hydroxylation sites is 2. The molecule has 0 saturated carbocycles. The predicted octanol–water partition coefficient (Wildman–Crippen LogP) is 15.4. The lowest BCUT2D eigenvalue weighted by molar-refractivity contribution is -0.137. The molecule has 0 aliphatic heterocycles. The summed E-state index contributed by atoms with van der Waals surface area (Å²) in [7, 11) is 0. The smallest absolute Gasteiger partial charge is 0.309 e. The van der Waals surface area contributed by atoms with Crippen molar-refractivity contribution in [1.29, 1.82) is 0 Å². The Morgan fingerprint density at radius 1 is 0.356 bits per heavy atom. The van der Waals surface area contributed by atoms with Crippen molar-refractivity contribution in [3.63, 3.8) is 0 Å². The normalized spacial score (nSPS) is 12.1. The topological polar surface area (TPSA) is 9.86 Å². The van der Waals surface area contributed by atoms with Crippen LogP contribution in [0.4, 0.5) is 13.2 Å². The molecule has 0 amide bonds. The van der Waals surface area contributed by atoms with Gasteiger partial charge in [0.25, 0.3) is 0 Å². The molecule has 0 atom stereocenters. The van der Waals surface area contributed by atoms with Gasteiger partial charge in [-0.15, -0.1) is 0 Å². The summed E-state index contributed by atoms with van der Waals surface area (Å²) in [6.45, 7) is 10.3. The monoisotopic (exact) mass is 774 g/mol. The van der Waals surface area contributed by atoms with E-state index in [2.05, 4.69) is 128 Å². The third kappa shape index (κ3) is 6.03. The number of hydrogen-bond acceptors (Lipinski definition) is 0. The van der Waals surface area contributed by atoms with Crippen LogP contribution >= 0.6 is 0 Å². The van der Waals surface area contributed by atoms with Crippen LogP contribution < -0.4 is 0 Å². The van der Waals surface area contributed by atoms with E-state index in [1.165, 1.54) is 39.4 Å². The largest absolute Gasteiger partial charge is 0.417 e. The molecule has 0 spiro atoms. The van der Waals surface area contributed by atoms with Gasteiger partial charge >= 0.3 is 6.18 Å². The highest BCUT2D eigenvalue weighted by Crippen LogP contribution is 2.43. The molecule has 10 aromatic rings. The zero-order valence-electron chi connectivity index (χ0n) is 33.5. The number of fused-ring (bicyclic) bond motifs is 6. The molecule has 0 N–H and O–H groups in total. The van der Waals surface area contributed by atoms with Crippen LogP contribution in [0.3, 0.4) is 0 Å². The molecule has 59 heavy (non-hydrogen) atoms. The molecule has 0 aliphatic carbocycles. The molecular weight excluding hydrogens is 734 g/mol. The van der Waals surface area contributed by atoms with Gasteiger partial charge in [0.1, 0.15) is 0 Å². The zero-order chi connectivity index (χ0) is 40.7. The summed E-state index contributed by atoms with van der Waals surface area (Å²) in [6.07, 6.45) is -4.57. The standard InChI is InChI=1S/C54H41F3N2/c1-32-15-22-41(36(5)26-32)37-18-24-52-47(28-37)42-10-6-8-12-50(42)58(52)39-20-17-35(4)45(30-39)46-31-40(21-23-49(46)54(55,56)57)59-51-13-9-7-11-43(51)48-29-38(19-25-53(48)59)44-27-33(2)14-16-34(44)3/h6-31H,1-5H3. The summed E-state index contributed by atoms with van der Waals surface area (Å²) in [5.74, 6) is 0. The Morgan fingerprint density at radius 2 is 0.847 bits per heavy atom. The van der Waals surface area contributed by atoms with E-state index in [0.29, 0.717) is 11.3 Å². The van der Waals surface area contributed by atoms with E-state index in [-0.39, 0.29) is 5.56 Å². The lowest BCUT2D eigenvalue weighted by Gasteiger charge is -2.19. The van der Waals surface area contributed by atoms with Gasteiger partial charge in [0.2, 0.25) is 0 Å². The van der Waals surface area contributed by atoms with Crippen LogP contribution in [0.15, 0.2) is 158 Å². The highest BCUT2D eigenvalue weighted by molar-refractivity contribution is 6.12. The number of alkyl halides is 3. The Kier molecular flexibility index (Phi) is 8.43. The average Bonchev–Trinajstić information content (AvgIpc) is 3.73. The first kappa shape index (κ1) is 36.5. The van der Waals surface area contributed by atoms with Crippen molar-refractivity contribution in [1.82, 2.24) is 9.13 Å². The highest BCUT2D eigenvalue weighted by atomic mass is 19.4. The third-order valence-corrected chi connectivity index (χ3v) is 12.1. The van der Waals surface area contributed by atoms with Crippen LogP contribution in [0.5, 0.6) is 0 Å². The molecule has 0 bridgehead atoms. The summed E-state index contributed by atoms with van der Waals surface area (Å²) < 4.78 is 49.6. The van der Waals surface area contributed by atoms with Crippen LogP contribution in [-0.2, 0) is 6.18 Å². The molecule has 2 aromatic heterocycles. The molecule has 5 heteroatoms. The molecule has 0 fully saturated rings. The van der Waals surface area contributed by atoms with Crippen molar-refractivity contribution >= 4 is 43.6 Å². The zero-order valence-corrected chi connectivity index (χ0v) is 33.5. The van der Waals surface area contributed by atoms with Crippen LogP contribution in [-0.4, -0.2) is 9.13 Å². The number of halogens is 3. The van der Waals surface area contributed by atoms with E-state index in [4.69, 9.17) is 0 Å². The summed E-state index contributed by atoms with van der Waals surface area (Å²) in [4.78, 5) is 0. The Morgan fingerprint density at radius 3 is 1.46 bits per heavy atom. The van der Waals surface area contributed by atoms with Crippen molar-refractivity contribution in [3.05, 3.63) is 191 Å². The van der Waals surface area contributed by atoms with E-state index >= 15 is 13.2 Å². The first-order valence-electron chi connectivity index (χ1n) is 20.0. The summed E-state index contributed by atoms with van der Waals surface area (Å²) >= 11 is 0. The molecule has 0 saturated heterocycles. The molecule has 0 aliphatic rings. The van der Waals surface area contributed by atoms with Crippen LogP contribution in [0.1, 0.15) is 33.4 Å². The number of hydrogen-bond donors (Lipinski definition) is 0. The average molecular weight is 775 g/mol. The van der Waals surface area contributed by atoms with Crippen LogP contribution in [0.2, 0.25) is 0 Å². The van der Waals surface area contributed by atoms with E-state index in [0.717, 1.165) is 66.0 Å². The number of nitrogens with zero attached hydrogens (tertiary/aromatic N) is 2. The van der Waals surface area contributed by atoms with Gasteiger partial charge in [-0.3, -0.25) is 0 Å². The van der Waals surface area contributed by atoms with Crippen molar-refractivity contribution in [2.75, 3.05) is 0 Å². The maximum Gasteiger partial charge on any atom is 0.417 e. The van der Waals surface area contributed by atoms with Gasteiger partial charge in [0.15, 0.2) is 0 Å². The number of aryl methyl sites for hydroxylation is 5. The molecule has 0 unspecified atom stereocenters. The van der Waals surface area contributed by atoms with E-state index in [1.54, 1.807) is 12.1 Å². The van der Waals surface area contributed by atoms with Crippen molar-refractivity contribution in [2.24, 2.45) is 0 Å². The SMILES string of the molecule is Cc1ccc(-c2ccc3c(c2)c2ccccc2n3-c2ccc(C)c(-c3cc(-n4c5ccccc5c5cc(-c6cc(C)ccc6C)ccc54)ccc3C(F)(F)F)c2)c(C)c1. The Labute approximate surface area is 341 Å². The molecule has 8 aromatic carbocycles. The third-order valence-electron chi connectivity index (χ3n) is 12.1. The molecule has 288 valence electrons. The molecule has 0 radical (unpaired) electrons. The Bertz CT molecular complexity index is 3320. The Hall–Kier alpha value is -6.85. The maximum atomic E-state index is 15.1. The first-order valence-corrected chi connectivity index (χ1v) is 20.0. The lowest BCUT2D eigenvalue weighted by Crippen LogP contribution is -2.09. The molecule has 2 heterocycles. The second-order valence-corrected chi connectivity index (χ2v) is 16.0. The predicted molar refractivity (Wildman–Crippen MR) is 240 cm³/mol. The second-order valence-electron chi connectivity index (χ2n) is 16.0. The van der Waals surface area contributed by atoms with Gasteiger partial charge in [0.05, 0.1) is 27.6 Å². The number of benzene rings is 8. The molecule has 10 rings (SSSR count). The minimum Gasteiger partial charge on any atom is -0.309 e.